The molecule has 0 spiro atoms. The fourth-order valence-electron chi connectivity index (χ4n) is 3.31. The number of nitrogens with zero attached hydrogens (tertiary/aromatic N) is 6. The minimum atomic E-state index is 0.118. The number of aromatic nitrogens is 6. The van der Waals surface area contributed by atoms with E-state index in [0.29, 0.717) is 19.0 Å². The molecule has 0 saturated heterocycles. The first kappa shape index (κ1) is 19.3. The van der Waals surface area contributed by atoms with Gasteiger partial charge in [0.05, 0.1) is 18.2 Å². The van der Waals surface area contributed by atoms with Gasteiger partial charge in [0.1, 0.15) is 17.9 Å². The van der Waals surface area contributed by atoms with Gasteiger partial charge in [-0.1, -0.05) is 30.3 Å². The summed E-state index contributed by atoms with van der Waals surface area (Å²) >= 11 is 0. The molecule has 4 rings (SSSR count). The summed E-state index contributed by atoms with van der Waals surface area (Å²) < 4.78 is 9.69. The zero-order valence-electron chi connectivity index (χ0n) is 17.5. The standard InChI is InChI=1S/C22H26N6O/c1-14(2)29-13-19-25-21(28(26-19)12-17-9-7-6-8-10-17)18-11-15(3)23-22-20(18)24-16(4)27(22)5/h6-11,14H,12-13H2,1-5H3. The van der Waals surface area contributed by atoms with Gasteiger partial charge in [-0.2, -0.15) is 5.10 Å². The first-order chi connectivity index (χ1) is 13.9. The van der Waals surface area contributed by atoms with Gasteiger partial charge in [0.15, 0.2) is 17.3 Å². The summed E-state index contributed by atoms with van der Waals surface area (Å²) in [5.74, 6) is 2.36. The van der Waals surface area contributed by atoms with E-state index in [4.69, 9.17) is 19.8 Å². The van der Waals surface area contributed by atoms with Crippen LogP contribution < -0.4 is 0 Å². The fourth-order valence-corrected chi connectivity index (χ4v) is 3.31. The number of imidazole rings is 1. The van der Waals surface area contributed by atoms with Crippen LogP contribution in [0.2, 0.25) is 0 Å². The van der Waals surface area contributed by atoms with Crippen molar-refractivity contribution < 1.29 is 4.74 Å². The van der Waals surface area contributed by atoms with Gasteiger partial charge in [0.2, 0.25) is 0 Å². The first-order valence-corrected chi connectivity index (χ1v) is 9.82. The van der Waals surface area contributed by atoms with Crippen LogP contribution >= 0.6 is 0 Å². The summed E-state index contributed by atoms with van der Waals surface area (Å²) in [6, 6.07) is 12.3. The van der Waals surface area contributed by atoms with Crippen molar-refractivity contribution >= 4 is 11.2 Å². The third kappa shape index (κ3) is 3.91. The maximum atomic E-state index is 5.75. The molecule has 29 heavy (non-hydrogen) atoms. The zero-order chi connectivity index (χ0) is 20.5. The summed E-state index contributed by atoms with van der Waals surface area (Å²) in [5, 5.41) is 4.75. The number of ether oxygens (including phenoxy) is 1. The van der Waals surface area contributed by atoms with Crippen molar-refractivity contribution in [2.24, 2.45) is 7.05 Å². The maximum absolute atomic E-state index is 5.75. The molecule has 3 heterocycles. The summed E-state index contributed by atoms with van der Waals surface area (Å²) in [5.41, 5.74) is 4.72. The van der Waals surface area contributed by atoms with Crippen molar-refractivity contribution in [2.45, 2.75) is 47.0 Å². The number of benzene rings is 1. The van der Waals surface area contributed by atoms with E-state index in [9.17, 15) is 0 Å². The topological polar surface area (TPSA) is 70.7 Å². The maximum Gasteiger partial charge on any atom is 0.176 e. The predicted octanol–water partition coefficient (Wildman–Crippen LogP) is 3.82. The molecule has 1 aromatic carbocycles. The highest BCUT2D eigenvalue weighted by Crippen LogP contribution is 2.28. The third-order valence-electron chi connectivity index (χ3n) is 4.86. The molecule has 7 nitrogen and oxygen atoms in total. The molecule has 7 heteroatoms. The second-order valence-electron chi connectivity index (χ2n) is 7.56. The molecule has 0 bridgehead atoms. The molecule has 0 radical (unpaired) electrons. The minimum absolute atomic E-state index is 0.118. The molecule has 0 N–H and O–H groups in total. The van der Waals surface area contributed by atoms with E-state index in [-0.39, 0.29) is 6.10 Å². The van der Waals surface area contributed by atoms with E-state index in [1.165, 1.54) is 0 Å². The number of pyridine rings is 1. The van der Waals surface area contributed by atoms with Crippen molar-refractivity contribution in [1.29, 1.82) is 0 Å². The number of hydrogen-bond acceptors (Lipinski definition) is 5. The van der Waals surface area contributed by atoms with E-state index in [1.54, 1.807) is 0 Å². The Bertz CT molecular complexity index is 1140. The van der Waals surface area contributed by atoms with E-state index in [0.717, 1.165) is 39.6 Å². The molecular weight excluding hydrogens is 364 g/mol. The molecule has 0 aliphatic heterocycles. The van der Waals surface area contributed by atoms with Gasteiger partial charge in [0.25, 0.3) is 0 Å². The first-order valence-electron chi connectivity index (χ1n) is 9.82. The Hall–Kier alpha value is -3.06. The number of hydrogen-bond donors (Lipinski definition) is 0. The Labute approximate surface area is 170 Å². The van der Waals surface area contributed by atoms with Crippen LogP contribution in [-0.4, -0.2) is 35.4 Å². The average molecular weight is 390 g/mol. The minimum Gasteiger partial charge on any atom is -0.371 e. The molecule has 4 aromatic rings. The summed E-state index contributed by atoms with van der Waals surface area (Å²) in [7, 11) is 1.98. The van der Waals surface area contributed by atoms with Crippen LogP contribution in [0.25, 0.3) is 22.6 Å². The number of rotatable bonds is 6. The molecule has 0 fully saturated rings. The molecule has 0 saturated carbocycles. The van der Waals surface area contributed by atoms with Gasteiger partial charge in [-0.3, -0.25) is 0 Å². The summed E-state index contributed by atoms with van der Waals surface area (Å²) in [4.78, 5) is 14.3. The normalized spacial score (nSPS) is 11.7. The van der Waals surface area contributed by atoms with Crippen LogP contribution in [-0.2, 0) is 24.9 Å². The summed E-state index contributed by atoms with van der Waals surface area (Å²) in [6.07, 6.45) is 0.118. The zero-order valence-corrected chi connectivity index (χ0v) is 17.5. The van der Waals surface area contributed by atoms with Gasteiger partial charge in [-0.15, -0.1) is 0 Å². The molecule has 0 aliphatic rings. The smallest absolute Gasteiger partial charge is 0.176 e. The quantitative estimate of drug-likeness (QED) is 0.501. The lowest BCUT2D eigenvalue weighted by Gasteiger charge is -2.08. The van der Waals surface area contributed by atoms with E-state index >= 15 is 0 Å². The Morgan fingerprint density at radius 3 is 2.52 bits per heavy atom. The molecule has 3 aromatic heterocycles. The largest absolute Gasteiger partial charge is 0.371 e. The predicted molar refractivity (Wildman–Crippen MR) is 112 cm³/mol. The SMILES string of the molecule is Cc1cc(-c2nc(COC(C)C)nn2Cc2ccccc2)c2nc(C)n(C)c2n1. The average Bonchev–Trinajstić information content (AvgIpc) is 3.22. The second-order valence-corrected chi connectivity index (χ2v) is 7.56. The number of fused-ring (bicyclic) bond motifs is 1. The molecule has 0 aliphatic carbocycles. The third-order valence-corrected chi connectivity index (χ3v) is 4.86. The van der Waals surface area contributed by atoms with E-state index < -0.39 is 0 Å². The van der Waals surface area contributed by atoms with Crippen LogP contribution in [0, 0.1) is 13.8 Å². The van der Waals surface area contributed by atoms with Gasteiger partial charge in [0, 0.05) is 12.7 Å². The van der Waals surface area contributed by atoms with Gasteiger partial charge >= 0.3 is 0 Å². The van der Waals surface area contributed by atoms with Crippen LogP contribution in [0.15, 0.2) is 36.4 Å². The van der Waals surface area contributed by atoms with Crippen molar-refractivity contribution in [3.63, 3.8) is 0 Å². The van der Waals surface area contributed by atoms with E-state index in [2.05, 4.69) is 17.1 Å². The molecule has 0 atom stereocenters. The Morgan fingerprint density at radius 2 is 1.79 bits per heavy atom. The van der Waals surface area contributed by atoms with Gasteiger partial charge < -0.3 is 9.30 Å². The van der Waals surface area contributed by atoms with Crippen molar-refractivity contribution in [1.82, 2.24) is 29.3 Å². The highest BCUT2D eigenvalue weighted by Gasteiger charge is 2.19. The molecular formula is C22H26N6O. The second kappa shape index (κ2) is 7.75. The molecule has 0 unspecified atom stereocenters. The lowest BCUT2D eigenvalue weighted by atomic mass is 10.2. The van der Waals surface area contributed by atoms with Crippen molar-refractivity contribution in [2.75, 3.05) is 0 Å². The lowest BCUT2D eigenvalue weighted by molar-refractivity contribution is 0.0612. The van der Waals surface area contributed by atoms with Crippen LogP contribution in [0.3, 0.4) is 0 Å². The van der Waals surface area contributed by atoms with Crippen LogP contribution in [0.1, 0.15) is 36.8 Å². The Kier molecular flexibility index (Phi) is 5.15. The summed E-state index contributed by atoms with van der Waals surface area (Å²) in [6.45, 7) is 8.99. The van der Waals surface area contributed by atoms with Gasteiger partial charge in [-0.05, 0) is 39.3 Å². The van der Waals surface area contributed by atoms with Crippen LogP contribution in [0.5, 0.6) is 0 Å². The molecule has 150 valence electrons. The Morgan fingerprint density at radius 1 is 1.03 bits per heavy atom. The number of aryl methyl sites for hydroxylation is 3. The highest BCUT2D eigenvalue weighted by atomic mass is 16.5. The van der Waals surface area contributed by atoms with Crippen molar-refractivity contribution in [3.8, 4) is 11.4 Å². The Balaban J connectivity index is 1.85. The monoisotopic (exact) mass is 390 g/mol. The highest BCUT2D eigenvalue weighted by molar-refractivity contribution is 5.88. The van der Waals surface area contributed by atoms with Gasteiger partial charge in [-0.25, -0.2) is 19.6 Å². The molecule has 0 amide bonds. The fraction of sp³-hybridized carbons (Fsp3) is 0.364. The van der Waals surface area contributed by atoms with Crippen LogP contribution in [0.4, 0.5) is 0 Å². The lowest BCUT2D eigenvalue weighted by Crippen LogP contribution is -2.06. The van der Waals surface area contributed by atoms with E-state index in [1.807, 2.05) is 68.3 Å². The van der Waals surface area contributed by atoms with Crippen molar-refractivity contribution in [3.05, 3.63) is 59.3 Å².